The van der Waals surface area contributed by atoms with E-state index in [1.807, 2.05) is 26.0 Å². The molecule has 0 N–H and O–H groups in total. The highest BCUT2D eigenvalue weighted by atomic mass is 35.5. The number of nitrogens with zero attached hydrogens (tertiary/aromatic N) is 6. The molecule has 0 atom stereocenters. The van der Waals surface area contributed by atoms with E-state index in [1.165, 1.54) is 0 Å². The van der Waals surface area contributed by atoms with E-state index in [0.29, 0.717) is 29.0 Å². The van der Waals surface area contributed by atoms with Crippen molar-refractivity contribution in [3.63, 3.8) is 0 Å². The SMILES string of the molecule is Cc1nc(C)c(-c2ccc(OCC3CCN(c4ncc(C#N)cc4Cl)CC3)nn2)s1. The van der Waals surface area contributed by atoms with E-state index in [0.717, 1.165) is 53.0 Å². The van der Waals surface area contributed by atoms with Crippen LogP contribution in [0.25, 0.3) is 10.6 Å². The first-order valence-corrected chi connectivity index (χ1v) is 10.9. The van der Waals surface area contributed by atoms with E-state index in [2.05, 4.69) is 31.1 Å². The van der Waals surface area contributed by atoms with Crippen LogP contribution >= 0.6 is 22.9 Å². The summed E-state index contributed by atoms with van der Waals surface area (Å²) in [6, 6.07) is 7.52. The van der Waals surface area contributed by atoms with Crippen molar-refractivity contribution in [3.8, 4) is 22.5 Å². The molecular formula is C21H21ClN6OS. The zero-order chi connectivity index (χ0) is 21.1. The van der Waals surface area contributed by atoms with Gasteiger partial charge in [0.15, 0.2) is 0 Å². The molecule has 0 saturated carbocycles. The maximum Gasteiger partial charge on any atom is 0.233 e. The number of aryl methyl sites for hydroxylation is 2. The number of halogens is 1. The van der Waals surface area contributed by atoms with Crippen molar-refractivity contribution < 1.29 is 4.74 Å². The number of pyridine rings is 1. The Bertz CT molecular complexity index is 1070. The summed E-state index contributed by atoms with van der Waals surface area (Å²) in [6.07, 6.45) is 3.51. The summed E-state index contributed by atoms with van der Waals surface area (Å²) in [4.78, 5) is 12.0. The van der Waals surface area contributed by atoms with Crippen molar-refractivity contribution in [3.05, 3.63) is 45.7 Å². The van der Waals surface area contributed by atoms with Crippen LogP contribution in [0.2, 0.25) is 5.02 Å². The number of hydrogen-bond donors (Lipinski definition) is 0. The van der Waals surface area contributed by atoms with E-state index < -0.39 is 0 Å². The number of rotatable bonds is 5. The fourth-order valence-electron chi connectivity index (χ4n) is 3.53. The van der Waals surface area contributed by atoms with Gasteiger partial charge in [-0.15, -0.1) is 21.5 Å². The molecule has 1 aliphatic heterocycles. The van der Waals surface area contributed by atoms with Crippen molar-refractivity contribution in [2.75, 3.05) is 24.6 Å². The predicted octanol–water partition coefficient (Wildman–Crippen LogP) is 4.43. The Morgan fingerprint density at radius 1 is 1.27 bits per heavy atom. The van der Waals surface area contributed by atoms with Gasteiger partial charge in [-0.05, 0) is 44.7 Å². The van der Waals surface area contributed by atoms with Gasteiger partial charge in [0, 0.05) is 25.4 Å². The predicted molar refractivity (Wildman–Crippen MR) is 117 cm³/mol. The summed E-state index contributed by atoms with van der Waals surface area (Å²) in [7, 11) is 0. The van der Waals surface area contributed by atoms with Crippen LogP contribution in [0.4, 0.5) is 5.82 Å². The quantitative estimate of drug-likeness (QED) is 0.579. The molecule has 0 amide bonds. The second-order valence-electron chi connectivity index (χ2n) is 7.29. The van der Waals surface area contributed by atoms with Crippen molar-refractivity contribution in [1.82, 2.24) is 20.2 Å². The third-order valence-corrected chi connectivity index (χ3v) is 6.48. The molecule has 0 aromatic carbocycles. The maximum atomic E-state index is 8.95. The fourth-order valence-corrected chi connectivity index (χ4v) is 4.70. The highest BCUT2D eigenvalue weighted by molar-refractivity contribution is 7.15. The monoisotopic (exact) mass is 440 g/mol. The highest BCUT2D eigenvalue weighted by Crippen LogP contribution is 2.30. The first-order valence-electron chi connectivity index (χ1n) is 9.75. The molecule has 3 aromatic heterocycles. The minimum Gasteiger partial charge on any atom is -0.476 e. The number of ether oxygens (including phenoxy) is 1. The Morgan fingerprint density at radius 2 is 2.07 bits per heavy atom. The maximum absolute atomic E-state index is 8.95. The van der Waals surface area contributed by atoms with Crippen LogP contribution < -0.4 is 9.64 Å². The summed E-state index contributed by atoms with van der Waals surface area (Å²) in [5.74, 6) is 1.72. The molecule has 1 saturated heterocycles. The van der Waals surface area contributed by atoms with Gasteiger partial charge in [-0.25, -0.2) is 9.97 Å². The van der Waals surface area contributed by atoms with Crippen LogP contribution in [0.1, 0.15) is 29.1 Å². The molecule has 4 heterocycles. The van der Waals surface area contributed by atoms with Crippen LogP contribution in [-0.4, -0.2) is 39.9 Å². The van der Waals surface area contributed by atoms with Gasteiger partial charge in [-0.3, -0.25) is 0 Å². The number of aromatic nitrogens is 4. The highest BCUT2D eigenvalue weighted by Gasteiger charge is 2.22. The molecule has 0 bridgehead atoms. The van der Waals surface area contributed by atoms with E-state index in [4.69, 9.17) is 21.6 Å². The van der Waals surface area contributed by atoms with Crippen LogP contribution in [0.3, 0.4) is 0 Å². The molecule has 154 valence electrons. The van der Waals surface area contributed by atoms with Crippen LogP contribution in [0.15, 0.2) is 24.4 Å². The first-order chi connectivity index (χ1) is 14.5. The van der Waals surface area contributed by atoms with Gasteiger partial charge >= 0.3 is 0 Å². The Hall–Kier alpha value is -2.76. The van der Waals surface area contributed by atoms with Gasteiger partial charge in [0.05, 0.1) is 32.8 Å². The zero-order valence-corrected chi connectivity index (χ0v) is 18.4. The van der Waals surface area contributed by atoms with E-state index in [1.54, 1.807) is 23.6 Å². The average molecular weight is 441 g/mol. The minimum atomic E-state index is 0.436. The first kappa shape index (κ1) is 20.5. The second-order valence-corrected chi connectivity index (χ2v) is 8.90. The topological polar surface area (TPSA) is 87.8 Å². The van der Waals surface area contributed by atoms with E-state index in [-0.39, 0.29) is 0 Å². The third kappa shape index (κ3) is 4.53. The van der Waals surface area contributed by atoms with Crippen molar-refractivity contribution in [2.24, 2.45) is 5.92 Å². The fraction of sp³-hybridized carbons (Fsp3) is 0.381. The number of thiazole rings is 1. The smallest absolute Gasteiger partial charge is 0.233 e. The Balaban J connectivity index is 1.30. The summed E-state index contributed by atoms with van der Waals surface area (Å²) < 4.78 is 5.88. The molecule has 7 nitrogen and oxygen atoms in total. The third-order valence-electron chi connectivity index (χ3n) is 5.11. The van der Waals surface area contributed by atoms with Crippen LogP contribution in [0, 0.1) is 31.1 Å². The average Bonchev–Trinajstić information content (AvgIpc) is 3.11. The van der Waals surface area contributed by atoms with Crippen LogP contribution in [-0.2, 0) is 0 Å². The lowest BCUT2D eigenvalue weighted by atomic mass is 9.98. The summed E-state index contributed by atoms with van der Waals surface area (Å²) in [6.45, 7) is 6.28. The number of piperidine rings is 1. The molecule has 1 fully saturated rings. The molecular weight excluding hydrogens is 420 g/mol. The Morgan fingerprint density at radius 3 is 2.67 bits per heavy atom. The van der Waals surface area contributed by atoms with Gasteiger partial charge < -0.3 is 9.64 Å². The summed E-state index contributed by atoms with van der Waals surface area (Å²) >= 11 is 7.91. The van der Waals surface area contributed by atoms with Crippen molar-refractivity contribution in [1.29, 1.82) is 5.26 Å². The molecule has 3 aromatic rings. The van der Waals surface area contributed by atoms with E-state index in [9.17, 15) is 0 Å². The lowest BCUT2D eigenvalue weighted by molar-refractivity contribution is 0.214. The van der Waals surface area contributed by atoms with E-state index >= 15 is 0 Å². The molecule has 30 heavy (non-hydrogen) atoms. The normalized spacial score (nSPS) is 14.5. The van der Waals surface area contributed by atoms with Crippen LogP contribution in [0.5, 0.6) is 5.88 Å². The standard InChI is InChI=1S/C21H21ClN6OS/c1-13-20(30-14(2)25-13)18-3-4-19(27-26-18)29-12-15-5-7-28(8-6-15)21-17(22)9-16(10-23)11-24-21/h3-4,9,11,15H,5-8,12H2,1-2H3. The Labute approximate surface area is 184 Å². The summed E-state index contributed by atoms with van der Waals surface area (Å²) in [5.41, 5.74) is 2.27. The second kappa shape index (κ2) is 8.94. The lowest BCUT2D eigenvalue weighted by Gasteiger charge is -2.33. The molecule has 0 unspecified atom stereocenters. The van der Waals surface area contributed by atoms with Gasteiger partial charge in [-0.2, -0.15) is 5.26 Å². The van der Waals surface area contributed by atoms with Gasteiger partial charge in [0.1, 0.15) is 17.6 Å². The van der Waals surface area contributed by atoms with Gasteiger partial charge in [0.2, 0.25) is 5.88 Å². The molecule has 0 spiro atoms. The molecule has 1 aliphatic rings. The van der Waals surface area contributed by atoms with Crippen molar-refractivity contribution in [2.45, 2.75) is 26.7 Å². The largest absolute Gasteiger partial charge is 0.476 e. The van der Waals surface area contributed by atoms with Gasteiger partial charge in [-0.1, -0.05) is 11.6 Å². The minimum absolute atomic E-state index is 0.436. The van der Waals surface area contributed by atoms with Crippen molar-refractivity contribution >= 4 is 28.8 Å². The molecule has 0 radical (unpaired) electrons. The summed E-state index contributed by atoms with van der Waals surface area (Å²) in [5, 5.41) is 19.0. The number of hydrogen-bond acceptors (Lipinski definition) is 8. The van der Waals surface area contributed by atoms with Gasteiger partial charge in [0.25, 0.3) is 0 Å². The molecule has 4 rings (SSSR count). The lowest BCUT2D eigenvalue weighted by Crippen LogP contribution is -2.36. The Kier molecular flexibility index (Phi) is 6.11. The molecule has 0 aliphatic carbocycles. The number of nitriles is 1. The zero-order valence-electron chi connectivity index (χ0n) is 16.8. The number of anilines is 1. The molecule has 9 heteroatoms.